The molecule has 2 N–H and O–H groups in total. The lowest BCUT2D eigenvalue weighted by atomic mass is 10.0. The Bertz CT molecular complexity index is 523. The molecule has 1 aliphatic rings. The van der Waals surface area contributed by atoms with Crippen molar-refractivity contribution in [1.82, 2.24) is 9.78 Å². The summed E-state index contributed by atoms with van der Waals surface area (Å²) >= 11 is 3.31. The van der Waals surface area contributed by atoms with Crippen LogP contribution in [0, 0.1) is 5.41 Å². The van der Waals surface area contributed by atoms with Crippen molar-refractivity contribution in [3.63, 3.8) is 0 Å². The highest BCUT2D eigenvalue weighted by atomic mass is 79.9. The van der Waals surface area contributed by atoms with Crippen LogP contribution < -0.4 is 10.9 Å². The molecule has 5 nitrogen and oxygen atoms in total. The third-order valence-corrected chi connectivity index (χ3v) is 4.31. The van der Waals surface area contributed by atoms with Crippen molar-refractivity contribution < 1.29 is 5.11 Å². The van der Waals surface area contributed by atoms with Gasteiger partial charge in [-0.25, -0.2) is 4.68 Å². The first-order chi connectivity index (χ1) is 9.12. The molecule has 0 atom stereocenters. The van der Waals surface area contributed by atoms with Gasteiger partial charge in [0.1, 0.15) is 4.47 Å². The zero-order valence-corrected chi connectivity index (χ0v) is 12.3. The third kappa shape index (κ3) is 3.25. The van der Waals surface area contributed by atoms with Crippen LogP contribution in [-0.4, -0.2) is 28.0 Å². The van der Waals surface area contributed by atoms with E-state index in [-0.39, 0.29) is 17.6 Å². The van der Waals surface area contributed by atoms with E-state index in [2.05, 4.69) is 32.9 Å². The fourth-order valence-electron chi connectivity index (χ4n) is 2.05. The van der Waals surface area contributed by atoms with Gasteiger partial charge in [-0.2, -0.15) is 5.10 Å². The van der Waals surface area contributed by atoms with Gasteiger partial charge in [-0.3, -0.25) is 4.79 Å². The molecule has 1 heterocycles. The molecule has 0 aliphatic heterocycles. The minimum Gasteiger partial charge on any atom is -0.396 e. The van der Waals surface area contributed by atoms with Gasteiger partial charge in [-0.1, -0.05) is 6.08 Å². The number of aliphatic hydroxyl groups is 1. The summed E-state index contributed by atoms with van der Waals surface area (Å²) in [6.45, 7) is 4.96. The summed E-state index contributed by atoms with van der Waals surface area (Å²) in [6.07, 6.45) is 6.33. The summed E-state index contributed by atoms with van der Waals surface area (Å²) in [5.41, 5.74) is 0.732. The van der Waals surface area contributed by atoms with Gasteiger partial charge in [-0.15, -0.1) is 6.58 Å². The molecule has 1 fully saturated rings. The average Bonchev–Trinajstić information content (AvgIpc) is 3.15. The van der Waals surface area contributed by atoms with Gasteiger partial charge in [-0.05, 0) is 40.6 Å². The van der Waals surface area contributed by atoms with Crippen LogP contribution in [0.5, 0.6) is 0 Å². The van der Waals surface area contributed by atoms with E-state index in [4.69, 9.17) is 5.11 Å². The summed E-state index contributed by atoms with van der Waals surface area (Å²) in [5.74, 6) is 0. The van der Waals surface area contributed by atoms with Crippen molar-refractivity contribution in [2.24, 2.45) is 5.41 Å². The quantitative estimate of drug-likeness (QED) is 0.749. The molecule has 0 unspecified atom stereocenters. The number of hydrogen-bond acceptors (Lipinski definition) is 4. The molecule has 1 aromatic rings. The van der Waals surface area contributed by atoms with E-state index in [0.717, 1.165) is 25.8 Å². The third-order valence-electron chi connectivity index (χ3n) is 3.54. The van der Waals surface area contributed by atoms with Gasteiger partial charge in [0.2, 0.25) is 0 Å². The Labute approximate surface area is 120 Å². The van der Waals surface area contributed by atoms with Crippen LogP contribution in [0.1, 0.15) is 19.3 Å². The normalized spacial score (nSPS) is 16.1. The van der Waals surface area contributed by atoms with Crippen molar-refractivity contribution in [3.05, 3.63) is 33.7 Å². The van der Waals surface area contributed by atoms with Crippen molar-refractivity contribution in [1.29, 1.82) is 0 Å². The lowest BCUT2D eigenvalue weighted by Gasteiger charge is -2.16. The monoisotopic (exact) mass is 327 g/mol. The van der Waals surface area contributed by atoms with Crippen molar-refractivity contribution in [2.45, 2.75) is 25.8 Å². The largest absolute Gasteiger partial charge is 0.396 e. The van der Waals surface area contributed by atoms with Crippen molar-refractivity contribution in [2.75, 3.05) is 18.5 Å². The van der Waals surface area contributed by atoms with Gasteiger partial charge in [0.05, 0.1) is 18.4 Å². The maximum absolute atomic E-state index is 12.0. The van der Waals surface area contributed by atoms with Gasteiger partial charge in [0.15, 0.2) is 0 Å². The highest BCUT2D eigenvalue weighted by Crippen LogP contribution is 2.48. The van der Waals surface area contributed by atoms with E-state index in [1.54, 1.807) is 12.3 Å². The number of aliphatic hydroxyl groups excluding tert-OH is 1. The van der Waals surface area contributed by atoms with E-state index in [1.807, 2.05) is 0 Å². The van der Waals surface area contributed by atoms with E-state index in [0.29, 0.717) is 16.7 Å². The summed E-state index contributed by atoms with van der Waals surface area (Å²) in [7, 11) is 0. The number of rotatable bonds is 7. The van der Waals surface area contributed by atoms with Gasteiger partial charge in [0, 0.05) is 13.2 Å². The molecule has 0 saturated heterocycles. The Morgan fingerprint density at radius 2 is 2.37 bits per heavy atom. The average molecular weight is 328 g/mol. The maximum atomic E-state index is 12.0. The molecule has 104 valence electrons. The number of nitrogens with zero attached hydrogens (tertiary/aromatic N) is 2. The second kappa shape index (κ2) is 5.88. The molecular formula is C13H18BrN3O2. The summed E-state index contributed by atoms with van der Waals surface area (Å²) in [5, 5.41) is 16.4. The highest BCUT2D eigenvalue weighted by Gasteiger charge is 2.41. The van der Waals surface area contributed by atoms with Crippen LogP contribution >= 0.6 is 15.9 Å². The molecule has 0 spiro atoms. The van der Waals surface area contributed by atoms with E-state index in [1.165, 1.54) is 4.68 Å². The fourth-order valence-corrected chi connectivity index (χ4v) is 2.50. The zero-order chi connectivity index (χ0) is 13.9. The Morgan fingerprint density at radius 3 is 2.95 bits per heavy atom. The van der Waals surface area contributed by atoms with Crippen molar-refractivity contribution >= 4 is 21.6 Å². The predicted octanol–water partition coefficient (Wildman–Crippen LogP) is 1.77. The Balaban J connectivity index is 2.07. The lowest BCUT2D eigenvalue weighted by molar-refractivity contribution is 0.253. The molecule has 2 rings (SSSR count). The fraction of sp³-hybridized carbons (Fsp3) is 0.538. The number of hydrogen-bond donors (Lipinski definition) is 2. The number of halogens is 1. The van der Waals surface area contributed by atoms with E-state index < -0.39 is 0 Å². The first-order valence-electron chi connectivity index (χ1n) is 6.33. The Kier molecular flexibility index (Phi) is 4.42. The molecule has 0 amide bonds. The van der Waals surface area contributed by atoms with Gasteiger partial charge >= 0.3 is 0 Å². The molecule has 1 aliphatic carbocycles. The number of anilines is 1. The second-order valence-corrected chi connectivity index (χ2v) is 5.77. The van der Waals surface area contributed by atoms with Crippen LogP contribution in [0.15, 0.2) is 28.1 Å². The highest BCUT2D eigenvalue weighted by molar-refractivity contribution is 9.10. The molecular weight excluding hydrogens is 310 g/mol. The Hall–Kier alpha value is -1.14. The lowest BCUT2D eigenvalue weighted by Crippen LogP contribution is -2.25. The summed E-state index contributed by atoms with van der Waals surface area (Å²) in [4.78, 5) is 12.0. The van der Waals surface area contributed by atoms with E-state index in [9.17, 15) is 4.79 Å². The minimum absolute atomic E-state index is 0.170. The van der Waals surface area contributed by atoms with E-state index >= 15 is 0 Å². The molecule has 0 aromatic carbocycles. The minimum atomic E-state index is -0.170. The number of nitrogens with one attached hydrogen (secondary N) is 1. The van der Waals surface area contributed by atoms with Gasteiger partial charge < -0.3 is 10.4 Å². The number of allylic oxidation sites excluding steroid dienone is 1. The maximum Gasteiger partial charge on any atom is 0.283 e. The number of aromatic nitrogens is 2. The van der Waals surface area contributed by atoms with Crippen LogP contribution in [-0.2, 0) is 6.54 Å². The molecule has 1 saturated carbocycles. The molecule has 1 aromatic heterocycles. The zero-order valence-electron chi connectivity index (χ0n) is 10.7. The van der Waals surface area contributed by atoms with Gasteiger partial charge in [0.25, 0.3) is 5.56 Å². The summed E-state index contributed by atoms with van der Waals surface area (Å²) in [6, 6.07) is 0. The smallest absolute Gasteiger partial charge is 0.283 e. The van der Waals surface area contributed by atoms with Crippen LogP contribution in [0.25, 0.3) is 0 Å². The SMILES string of the molecule is C=CCn1ncc(NCC2(CCO)CC2)c(Br)c1=O. The summed E-state index contributed by atoms with van der Waals surface area (Å²) < 4.78 is 1.84. The molecule has 0 bridgehead atoms. The van der Waals surface area contributed by atoms with Crippen LogP contribution in [0.2, 0.25) is 0 Å². The first kappa shape index (κ1) is 14.3. The first-order valence-corrected chi connectivity index (χ1v) is 7.12. The standard InChI is InChI=1S/C13H18BrN3O2/c1-2-6-17-12(19)11(14)10(8-16-17)15-9-13(3-4-13)5-7-18/h2,8,15,18H,1,3-7,9H2. The molecule has 19 heavy (non-hydrogen) atoms. The van der Waals surface area contributed by atoms with Crippen LogP contribution in [0.4, 0.5) is 5.69 Å². The topological polar surface area (TPSA) is 67.2 Å². The predicted molar refractivity (Wildman–Crippen MR) is 78.3 cm³/mol. The van der Waals surface area contributed by atoms with Crippen molar-refractivity contribution in [3.8, 4) is 0 Å². The molecule has 0 radical (unpaired) electrons. The second-order valence-electron chi connectivity index (χ2n) is 4.98. The Morgan fingerprint density at radius 1 is 1.63 bits per heavy atom. The van der Waals surface area contributed by atoms with Crippen LogP contribution in [0.3, 0.4) is 0 Å². The molecule has 6 heteroatoms.